The Morgan fingerprint density at radius 2 is 1.55 bits per heavy atom. The van der Waals surface area contributed by atoms with Crippen LogP contribution in [0.2, 0.25) is 0 Å². The molecule has 2 N–H and O–H groups in total. The van der Waals surface area contributed by atoms with Crippen LogP contribution >= 0.6 is 12.4 Å². The number of hydrogen-bond acceptors (Lipinski definition) is 1. The van der Waals surface area contributed by atoms with Gasteiger partial charge in [-0.15, -0.1) is 12.4 Å². The summed E-state index contributed by atoms with van der Waals surface area (Å²) in [6.45, 7) is 7.25. The maximum atomic E-state index is 5.73. The Kier molecular flexibility index (Phi) is 6.25. The zero-order valence-electron chi connectivity index (χ0n) is 12.5. The van der Waals surface area contributed by atoms with Gasteiger partial charge in [0.2, 0.25) is 0 Å². The Bertz CT molecular complexity index is 544. The Balaban J connectivity index is 0.00000200. The van der Waals surface area contributed by atoms with Crippen LogP contribution < -0.4 is 5.73 Å². The molecule has 20 heavy (non-hydrogen) atoms. The van der Waals surface area contributed by atoms with E-state index in [0.717, 1.165) is 6.42 Å². The summed E-state index contributed by atoms with van der Waals surface area (Å²) in [5.74, 6) is 0.702. The van der Waals surface area contributed by atoms with Gasteiger partial charge in [0.1, 0.15) is 0 Å². The molecule has 0 bridgehead atoms. The van der Waals surface area contributed by atoms with E-state index in [4.69, 9.17) is 5.73 Å². The fourth-order valence-electron chi connectivity index (χ4n) is 2.40. The van der Waals surface area contributed by atoms with E-state index < -0.39 is 0 Å². The molecule has 0 heterocycles. The van der Waals surface area contributed by atoms with Gasteiger partial charge in [0.25, 0.3) is 0 Å². The fourth-order valence-corrected chi connectivity index (χ4v) is 2.40. The van der Waals surface area contributed by atoms with Crippen molar-refractivity contribution in [2.75, 3.05) is 0 Å². The van der Waals surface area contributed by atoms with Crippen molar-refractivity contribution < 1.29 is 0 Å². The molecule has 0 radical (unpaired) electrons. The van der Waals surface area contributed by atoms with Crippen molar-refractivity contribution in [3.05, 3.63) is 59.2 Å². The van der Waals surface area contributed by atoms with Crippen LogP contribution in [0.4, 0.5) is 0 Å². The van der Waals surface area contributed by atoms with Crippen LogP contribution in [0.3, 0.4) is 0 Å². The first-order valence-electron chi connectivity index (χ1n) is 6.99. The molecular weight excluding hydrogens is 266 g/mol. The predicted molar refractivity (Wildman–Crippen MR) is 90.3 cm³/mol. The first-order chi connectivity index (χ1) is 9.10. The first-order valence-corrected chi connectivity index (χ1v) is 6.99. The van der Waals surface area contributed by atoms with Gasteiger partial charge in [0.15, 0.2) is 0 Å². The lowest BCUT2D eigenvalue weighted by molar-refractivity contribution is 0.647. The van der Waals surface area contributed by atoms with Crippen LogP contribution in [-0.4, -0.2) is 0 Å². The van der Waals surface area contributed by atoms with Gasteiger partial charge in [-0.1, -0.05) is 50.2 Å². The zero-order valence-corrected chi connectivity index (χ0v) is 13.3. The highest BCUT2D eigenvalue weighted by molar-refractivity contribution is 5.85. The van der Waals surface area contributed by atoms with Crippen LogP contribution in [-0.2, 0) is 13.0 Å². The Morgan fingerprint density at radius 3 is 2.10 bits per heavy atom. The van der Waals surface area contributed by atoms with E-state index in [1.165, 1.54) is 27.8 Å². The van der Waals surface area contributed by atoms with Gasteiger partial charge in [-0.3, -0.25) is 0 Å². The smallest absolute Gasteiger partial charge is 0.0178 e. The predicted octanol–water partition coefficient (Wildman–Crippen LogP) is 4.74. The molecule has 0 spiro atoms. The van der Waals surface area contributed by atoms with E-state index >= 15 is 0 Å². The van der Waals surface area contributed by atoms with Gasteiger partial charge in [-0.2, -0.15) is 0 Å². The van der Waals surface area contributed by atoms with Crippen LogP contribution in [0, 0.1) is 12.8 Å². The molecule has 0 unspecified atom stereocenters. The zero-order chi connectivity index (χ0) is 13.8. The molecule has 0 saturated heterocycles. The van der Waals surface area contributed by atoms with Crippen LogP contribution in [0.25, 0.3) is 11.1 Å². The minimum atomic E-state index is 0. The number of benzene rings is 2. The molecule has 2 aromatic rings. The standard InChI is InChI=1S/C18H23N.ClH/c1-13(2)10-15-6-8-17(9-7-15)18-11-16(12-19)5-4-14(18)3;/h4-9,11,13H,10,12,19H2,1-3H3;1H. The molecule has 0 amide bonds. The molecule has 0 atom stereocenters. The van der Waals surface area contributed by atoms with Crippen molar-refractivity contribution in [2.24, 2.45) is 11.7 Å². The lowest BCUT2D eigenvalue weighted by atomic mass is 9.95. The van der Waals surface area contributed by atoms with E-state index in [-0.39, 0.29) is 12.4 Å². The quantitative estimate of drug-likeness (QED) is 0.864. The van der Waals surface area contributed by atoms with Gasteiger partial charge in [-0.05, 0) is 53.1 Å². The topological polar surface area (TPSA) is 26.0 Å². The third-order valence-corrected chi connectivity index (χ3v) is 3.45. The molecule has 0 aliphatic rings. The summed E-state index contributed by atoms with van der Waals surface area (Å²) < 4.78 is 0. The van der Waals surface area contributed by atoms with Crippen molar-refractivity contribution in [3.8, 4) is 11.1 Å². The van der Waals surface area contributed by atoms with Gasteiger partial charge >= 0.3 is 0 Å². The number of rotatable bonds is 4. The van der Waals surface area contributed by atoms with Gasteiger partial charge in [0.05, 0.1) is 0 Å². The molecule has 1 nitrogen and oxygen atoms in total. The van der Waals surface area contributed by atoms with Gasteiger partial charge in [0, 0.05) is 6.54 Å². The summed E-state index contributed by atoms with van der Waals surface area (Å²) in [5, 5.41) is 0. The van der Waals surface area contributed by atoms with Crippen LogP contribution in [0.5, 0.6) is 0 Å². The summed E-state index contributed by atoms with van der Waals surface area (Å²) in [6.07, 6.45) is 1.14. The summed E-state index contributed by atoms with van der Waals surface area (Å²) in [5.41, 5.74) is 12.2. The third-order valence-electron chi connectivity index (χ3n) is 3.45. The summed E-state index contributed by atoms with van der Waals surface area (Å²) >= 11 is 0. The number of aryl methyl sites for hydroxylation is 1. The molecule has 2 rings (SSSR count). The maximum absolute atomic E-state index is 5.73. The van der Waals surface area contributed by atoms with Crippen LogP contribution in [0.1, 0.15) is 30.5 Å². The molecule has 0 aliphatic carbocycles. The average Bonchev–Trinajstić information content (AvgIpc) is 2.40. The van der Waals surface area contributed by atoms with Crippen molar-refractivity contribution in [2.45, 2.75) is 33.7 Å². The molecule has 0 aromatic heterocycles. The monoisotopic (exact) mass is 289 g/mol. The van der Waals surface area contributed by atoms with E-state index in [0.29, 0.717) is 12.5 Å². The van der Waals surface area contributed by atoms with E-state index in [1.807, 2.05) is 0 Å². The molecular formula is C18H24ClN. The summed E-state index contributed by atoms with van der Waals surface area (Å²) in [7, 11) is 0. The second kappa shape index (κ2) is 7.47. The summed E-state index contributed by atoms with van der Waals surface area (Å²) in [6, 6.07) is 15.4. The van der Waals surface area contributed by atoms with Crippen LogP contribution in [0.15, 0.2) is 42.5 Å². The Morgan fingerprint density at radius 1 is 0.950 bits per heavy atom. The lowest BCUT2D eigenvalue weighted by Gasteiger charge is -2.10. The SMILES string of the molecule is Cc1ccc(CN)cc1-c1ccc(CC(C)C)cc1.Cl. The average molecular weight is 290 g/mol. The highest BCUT2D eigenvalue weighted by Crippen LogP contribution is 2.25. The normalized spacial score (nSPS) is 10.4. The van der Waals surface area contributed by atoms with E-state index in [2.05, 4.69) is 63.2 Å². The minimum absolute atomic E-state index is 0. The highest BCUT2D eigenvalue weighted by Gasteiger charge is 2.04. The molecule has 2 aromatic carbocycles. The highest BCUT2D eigenvalue weighted by atomic mass is 35.5. The Hall–Kier alpha value is -1.31. The Labute approximate surface area is 128 Å². The maximum Gasteiger partial charge on any atom is 0.0178 e. The van der Waals surface area contributed by atoms with Crippen molar-refractivity contribution in [1.29, 1.82) is 0 Å². The number of halogens is 1. The van der Waals surface area contributed by atoms with E-state index in [1.54, 1.807) is 0 Å². The van der Waals surface area contributed by atoms with Gasteiger partial charge in [-0.25, -0.2) is 0 Å². The number of nitrogens with two attached hydrogens (primary N) is 1. The summed E-state index contributed by atoms with van der Waals surface area (Å²) in [4.78, 5) is 0. The molecule has 2 heteroatoms. The second-order valence-corrected chi connectivity index (χ2v) is 5.65. The molecule has 108 valence electrons. The third kappa shape index (κ3) is 4.09. The second-order valence-electron chi connectivity index (χ2n) is 5.65. The largest absolute Gasteiger partial charge is 0.326 e. The minimum Gasteiger partial charge on any atom is -0.326 e. The lowest BCUT2D eigenvalue weighted by Crippen LogP contribution is -1.97. The fraction of sp³-hybridized carbons (Fsp3) is 0.333. The van der Waals surface area contributed by atoms with Crippen molar-refractivity contribution in [1.82, 2.24) is 0 Å². The molecule has 0 aliphatic heterocycles. The van der Waals surface area contributed by atoms with Crippen molar-refractivity contribution >= 4 is 12.4 Å². The molecule has 0 fully saturated rings. The van der Waals surface area contributed by atoms with Crippen molar-refractivity contribution in [3.63, 3.8) is 0 Å². The first kappa shape index (κ1) is 16.7. The molecule has 0 saturated carbocycles. The number of hydrogen-bond donors (Lipinski definition) is 1. The van der Waals surface area contributed by atoms with E-state index in [9.17, 15) is 0 Å². The van der Waals surface area contributed by atoms with Gasteiger partial charge < -0.3 is 5.73 Å².